The molecule has 3 heterocycles. The second kappa shape index (κ2) is 4.03. The van der Waals surface area contributed by atoms with Gasteiger partial charge in [0, 0.05) is 31.5 Å². The van der Waals surface area contributed by atoms with Gasteiger partial charge in [0.2, 0.25) is 0 Å². The lowest BCUT2D eigenvalue weighted by molar-refractivity contribution is 0.0835. The van der Waals surface area contributed by atoms with Gasteiger partial charge in [-0.2, -0.15) is 0 Å². The van der Waals surface area contributed by atoms with Gasteiger partial charge >= 0.3 is 0 Å². The normalized spacial score (nSPS) is 18.1. The van der Waals surface area contributed by atoms with Crippen LogP contribution in [0.25, 0.3) is 5.52 Å². The molecule has 16 heavy (non-hydrogen) atoms. The first kappa shape index (κ1) is 10.1. The van der Waals surface area contributed by atoms with Crippen LogP contribution in [0.2, 0.25) is 5.15 Å². The molecule has 1 aliphatic heterocycles. The van der Waals surface area contributed by atoms with Crippen molar-refractivity contribution in [1.29, 1.82) is 0 Å². The molecular weight excluding hydrogens is 226 g/mol. The average Bonchev–Trinajstić information content (AvgIpc) is 2.75. The third-order valence-electron chi connectivity index (χ3n) is 3.03. The van der Waals surface area contributed by atoms with E-state index >= 15 is 0 Å². The van der Waals surface area contributed by atoms with Crippen LogP contribution in [0.5, 0.6) is 0 Å². The highest BCUT2D eigenvalue weighted by Gasteiger charge is 2.20. The van der Waals surface area contributed by atoms with Crippen molar-refractivity contribution in [2.45, 2.75) is 18.8 Å². The molecule has 0 radical (unpaired) electrons. The fourth-order valence-electron chi connectivity index (χ4n) is 2.17. The highest BCUT2D eigenvalue weighted by Crippen LogP contribution is 2.27. The zero-order valence-electron chi connectivity index (χ0n) is 8.77. The topological polar surface area (TPSA) is 39.4 Å². The van der Waals surface area contributed by atoms with E-state index in [4.69, 9.17) is 16.3 Å². The van der Waals surface area contributed by atoms with E-state index in [0.717, 1.165) is 37.4 Å². The van der Waals surface area contributed by atoms with E-state index in [1.54, 1.807) is 12.4 Å². The Morgan fingerprint density at radius 1 is 1.31 bits per heavy atom. The molecule has 1 saturated heterocycles. The van der Waals surface area contributed by atoms with Gasteiger partial charge in [-0.3, -0.25) is 4.40 Å². The van der Waals surface area contributed by atoms with Crippen molar-refractivity contribution in [3.8, 4) is 0 Å². The molecule has 2 aromatic rings. The predicted octanol–water partition coefficient (Wildman–Crippen LogP) is 2.28. The first-order valence-electron chi connectivity index (χ1n) is 5.41. The molecule has 0 N–H and O–H groups in total. The zero-order chi connectivity index (χ0) is 11.0. The lowest BCUT2D eigenvalue weighted by Gasteiger charge is -2.20. The number of ether oxygens (including phenoxy) is 1. The zero-order valence-corrected chi connectivity index (χ0v) is 9.52. The third kappa shape index (κ3) is 1.58. The molecule has 0 saturated carbocycles. The van der Waals surface area contributed by atoms with E-state index in [1.165, 1.54) is 0 Å². The van der Waals surface area contributed by atoms with E-state index in [-0.39, 0.29) is 0 Å². The van der Waals surface area contributed by atoms with Crippen molar-refractivity contribution < 1.29 is 4.74 Å². The molecule has 1 aliphatic rings. The summed E-state index contributed by atoms with van der Waals surface area (Å²) in [4.78, 5) is 8.51. The fourth-order valence-corrected chi connectivity index (χ4v) is 2.37. The van der Waals surface area contributed by atoms with Gasteiger partial charge in [0.15, 0.2) is 5.15 Å². The summed E-state index contributed by atoms with van der Waals surface area (Å²) < 4.78 is 7.39. The van der Waals surface area contributed by atoms with Crippen LogP contribution in [0, 0.1) is 0 Å². The number of aromatic nitrogens is 3. The number of imidazole rings is 1. The summed E-state index contributed by atoms with van der Waals surface area (Å²) in [6.45, 7) is 1.64. The molecule has 0 unspecified atom stereocenters. The van der Waals surface area contributed by atoms with Crippen molar-refractivity contribution in [3.05, 3.63) is 29.6 Å². The van der Waals surface area contributed by atoms with E-state index in [2.05, 4.69) is 9.97 Å². The molecule has 5 heteroatoms. The standard InChI is InChI=1S/C11H12ClN3O/c12-10-9-7-14-11(15(9)4-3-13-10)8-1-5-16-6-2-8/h3-4,7-8H,1-2,5-6H2. The molecule has 0 aromatic carbocycles. The minimum atomic E-state index is 0.467. The first-order valence-corrected chi connectivity index (χ1v) is 5.79. The molecule has 1 fully saturated rings. The molecular formula is C11H12ClN3O. The minimum absolute atomic E-state index is 0.467. The highest BCUT2D eigenvalue weighted by molar-refractivity contribution is 6.32. The monoisotopic (exact) mass is 237 g/mol. The van der Waals surface area contributed by atoms with Gasteiger partial charge in [-0.15, -0.1) is 0 Å². The van der Waals surface area contributed by atoms with Crippen molar-refractivity contribution in [2.24, 2.45) is 0 Å². The third-order valence-corrected chi connectivity index (χ3v) is 3.32. The number of hydrogen-bond donors (Lipinski definition) is 0. The second-order valence-corrected chi connectivity index (χ2v) is 4.33. The number of nitrogens with zero attached hydrogens (tertiary/aromatic N) is 3. The van der Waals surface area contributed by atoms with Crippen LogP contribution in [0.4, 0.5) is 0 Å². The minimum Gasteiger partial charge on any atom is -0.381 e. The van der Waals surface area contributed by atoms with E-state index in [0.29, 0.717) is 11.1 Å². The molecule has 0 amide bonds. The number of rotatable bonds is 1. The van der Waals surface area contributed by atoms with Crippen LogP contribution in [0.3, 0.4) is 0 Å². The molecule has 2 aromatic heterocycles. The Kier molecular flexibility index (Phi) is 2.53. The van der Waals surface area contributed by atoms with Crippen LogP contribution in [-0.2, 0) is 4.74 Å². The van der Waals surface area contributed by atoms with Gasteiger partial charge in [0.05, 0.1) is 6.20 Å². The van der Waals surface area contributed by atoms with Gasteiger partial charge in [-0.05, 0) is 12.8 Å². The summed E-state index contributed by atoms with van der Waals surface area (Å²) in [5.41, 5.74) is 0.880. The quantitative estimate of drug-likeness (QED) is 0.764. The van der Waals surface area contributed by atoms with Crippen molar-refractivity contribution >= 4 is 17.1 Å². The Bertz CT molecular complexity index is 505. The first-order chi connectivity index (χ1) is 7.86. The lowest BCUT2D eigenvalue weighted by atomic mass is 10.00. The Morgan fingerprint density at radius 2 is 2.12 bits per heavy atom. The van der Waals surface area contributed by atoms with Gasteiger partial charge in [-0.1, -0.05) is 11.6 Å². The largest absolute Gasteiger partial charge is 0.381 e. The Labute approximate surface area is 98.2 Å². The molecule has 0 bridgehead atoms. The number of halogens is 1. The Morgan fingerprint density at radius 3 is 2.94 bits per heavy atom. The van der Waals surface area contributed by atoms with Gasteiger partial charge < -0.3 is 4.74 Å². The second-order valence-electron chi connectivity index (χ2n) is 3.98. The highest BCUT2D eigenvalue weighted by atomic mass is 35.5. The predicted molar refractivity (Wildman–Crippen MR) is 60.8 cm³/mol. The fraction of sp³-hybridized carbons (Fsp3) is 0.455. The molecule has 4 nitrogen and oxygen atoms in total. The summed E-state index contributed by atoms with van der Waals surface area (Å²) in [6.07, 6.45) is 7.47. The van der Waals surface area contributed by atoms with Crippen molar-refractivity contribution in [3.63, 3.8) is 0 Å². The summed E-state index contributed by atoms with van der Waals surface area (Å²) in [7, 11) is 0. The lowest BCUT2D eigenvalue weighted by Crippen LogP contribution is -2.16. The van der Waals surface area contributed by atoms with Crippen LogP contribution in [0.1, 0.15) is 24.6 Å². The molecule has 84 valence electrons. The van der Waals surface area contributed by atoms with Gasteiger partial charge in [0.1, 0.15) is 11.3 Å². The maximum absolute atomic E-state index is 6.01. The Hall–Kier alpha value is -1.13. The van der Waals surface area contributed by atoms with Gasteiger partial charge in [0.25, 0.3) is 0 Å². The van der Waals surface area contributed by atoms with Crippen LogP contribution in [0.15, 0.2) is 18.6 Å². The van der Waals surface area contributed by atoms with Crippen LogP contribution in [-0.4, -0.2) is 27.6 Å². The van der Waals surface area contributed by atoms with Crippen molar-refractivity contribution in [1.82, 2.24) is 14.4 Å². The molecule has 0 atom stereocenters. The van der Waals surface area contributed by atoms with Crippen molar-refractivity contribution in [2.75, 3.05) is 13.2 Å². The summed E-state index contributed by atoms with van der Waals surface area (Å²) in [6, 6.07) is 0. The summed E-state index contributed by atoms with van der Waals surface area (Å²) in [5.74, 6) is 1.54. The SMILES string of the molecule is Clc1nccn2c(C3CCOCC3)ncc12. The summed E-state index contributed by atoms with van der Waals surface area (Å²) in [5, 5.41) is 0.508. The van der Waals surface area contributed by atoms with E-state index in [9.17, 15) is 0 Å². The van der Waals surface area contributed by atoms with Crippen LogP contribution >= 0.6 is 11.6 Å². The summed E-state index contributed by atoms with van der Waals surface area (Å²) >= 11 is 6.01. The molecule has 3 rings (SSSR count). The van der Waals surface area contributed by atoms with Crippen LogP contribution < -0.4 is 0 Å². The van der Waals surface area contributed by atoms with Gasteiger partial charge in [-0.25, -0.2) is 9.97 Å². The van der Waals surface area contributed by atoms with E-state index < -0.39 is 0 Å². The number of hydrogen-bond acceptors (Lipinski definition) is 3. The molecule has 0 spiro atoms. The molecule has 0 aliphatic carbocycles. The average molecular weight is 238 g/mol. The maximum Gasteiger partial charge on any atom is 0.154 e. The number of fused-ring (bicyclic) bond motifs is 1. The van der Waals surface area contributed by atoms with E-state index in [1.807, 2.05) is 10.6 Å². The smallest absolute Gasteiger partial charge is 0.154 e. The Balaban J connectivity index is 2.06. The maximum atomic E-state index is 6.01.